The molecule has 4 aromatic rings. The molecule has 0 saturated heterocycles. The van der Waals surface area contributed by atoms with E-state index in [0.717, 1.165) is 36.0 Å². The number of dihydropyridines is 1. The van der Waals surface area contributed by atoms with Crippen molar-refractivity contribution in [3.63, 3.8) is 0 Å². The van der Waals surface area contributed by atoms with Gasteiger partial charge in [0.15, 0.2) is 0 Å². The molecule has 0 fully saturated rings. The van der Waals surface area contributed by atoms with E-state index in [-0.39, 0.29) is 17.7 Å². The largest absolute Gasteiger partial charge is 0.363 e. The van der Waals surface area contributed by atoms with Crippen LogP contribution < -0.4 is 5.73 Å². The van der Waals surface area contributed by atoms with Gasteiger partial charge in [-0.2, -0.15) is 0 Å². The molecule has 34 heavy (non-hydrogen) atoms. The number of rotatable bonds is 7. The molecule has 0 spiro atoms. The number of aryl methyl sites for hydroxylation is 2. The first-order chi connectivity index (χ1) is 16.5. The van der Waals surface area contributed by atoms with Gasteiger partial charge in [-0.3, -0.25) is 14.2 Å². The number of hydrogen-bond donors (Lipinski definition) is 1. The smallest absolute Gasteiger partial charge is 0.285 e. The molecule has 0 aliphatic carbocycles. The summed E-state index contributed by atoms with van der Waals surface area (Å²) in [7, 11) is 0. The van der Waals surface area contributed by atoms with Crippen LogP contribution in [0.25, 0.3) is 5.52 Å². The zero-order chi connectivity index (χ0) is 23.7. The first kappa shape index (κ1) is 21.8. The number of amides is 1. The Labute approximate surface area is 196 Å². The van der Waals surface area contributed by atoms with E-state index in [1.165, 1.54) is 6.07 Å². The van der Waals surface area contributed by atoms with Crippen LogP contribution in [0.1, 0.15) is 46.2 Å². The predicted octanol–water partition coefficient (Wildman–Crippen LogP) is 4.18. The standard InChI is InChI=1S/C26H25FN6O/c1-18-14-19(4-5-22(18)27)23-26(7-2-9-30-23,8-3-11-32-13-10-29-17-32)20-6-12-33-21(15-20)16-31-25(33)24(28)34/h2,4-7,9-10,12-17,23H,3,8,11H2,1H3,(H2,28,34). The van der Waals surface area contributed by atoms with Crippen molar-refractivity contribution >= 4 is 17.6 Å². The van der Waals surface area contributed by atoms with Crippen molar-refractivity contribution in [3.05, 3.63) is 102 Å². The molecule has 8 heteroatoms. The fourth-order valence-electron chi connectivity index (χ4n) is 4.86. The molecule has 1 aliphatic rings. The lowest BCUT2D eigenvalue weighted by atomic mass is 9.68. The average Bonchev–Trinajstić information content (AvgIpc) is 3.51. The van der Waals surface area contributed by atoms with Crippen molar-refractivity contribution in [1.82, 2.24) is 18.9 Å². The molecule has 3 aromatic heterocycles. The quantitative estimate of drug-likeness (QED) is 0.452. The van der Waals surface area contributed by atoms with Crippen molar-refractivity contribution in [2.75, 3.05) is 0 Å². The highest BCUT2D eigenvalue weighted by Crippen LogP contribution is 2.47. The SMILES string of the molecule is Cc1cc(C2N=CC=CC2(CCCn2ccnc2)c2ccn3c(C(N)=O)ncc3c2)ccc1F. The van der Waals surface area contributed by atoms with Crippen molar-refractivity contribution in [1.29, 1.82) is 0 Å². The Balaban J connectivity index is 1.60. The molecule has 0 saturated carbocycles. The number of imidazole rings is 2. The van der Waals surface area contributed by atoms with Crippen LogP contribution in [0, 0.1) is 12.7 Å². The third-order valence-corrected chi connectivity index (χ3v) is 6.56. The number of carbonyl (C=O) groups excluding carboxylic acids is 1. The molecule has 0 bridgehead atoms. The third-order valence-electron chi connectivity index (χ3n) is 6.56. The second kappa shape index (κ2) is 8.70. The lowest BCUT2D eigenvalue weighted by Crippen LogP contribution is -2.33. The fourth-order valence-corrected chi connectivity index (χ4v) is 4.86. The Morgan fingerprint density at radius 3 is 2.88 bits per heavy atom. The van der Waals surface area contributed by atoms with E-state index in [1.54, 1.807) is 29.9 Å². The van der Waals surface area contributed by atoms with Crippen molar-refractivity contribution in [2.45, 2.75) is 37.8 Å². The Bertz CT molecular complexity index is 1400. The predicted molar refractivity (Wildman–Crippen MR) is 128 cm³/mol. The van der Waals surface area contributed by atoms with Gasteiger partial charge in [0.25, 0.3) is 5.91 Å². The third kappa shape index (κ3) is 3.81. The number of benzene rings is 1. The van der Waals surface area contributed by atoms with Crippen LogP contribution in [0.5, 0.6) is 0 Å². The summed E-state index contributed by atoms with van der Waals surface area (Å²) in [6, 6.07) is 8.99. The minimum absolute atomic E-state index is 0.193. The summed E-state index contributed by atoms with van der Waals surface area (Å²) in [5, 5.41) is 0. The molecule has 0 radical (unpaired) electrons. The Morgan fingerprint density at radius 1 is 1.24 bits per heavy atom. The number of nitrogens with two attached hydrogens (primary N) is 1. The van der Waals surface area contributed by atoms with Gasteiger partial charge in [-0.1, -0.05) is 18.2 Å². The molecule has 172 valence electrons. The molecule has 1 aliphatic heterocycles. The second-order valence-corrected chi connectivity index (χ2v) is 8.67. The number of pyridine rings is 1. The number of aliphatic imine (C=N–C) groups is 1. The molecule has 2 atom stereocenters. The summed E-state index contributed by atoms with van der Waals surface area (Å²) in [6.45, 7) is 2.58. The number of hydrogen-bond acceptors (Lipinski definition) is 4. The van der Waals surface area contributed by atoms with Gasteiger partial charge in [-0.25, -0.2) is 14.4 Å². The topological polar surface area (TPSA) is 90.6 Å². The van der Waals surface area contributed by atoms with Crippen LogP contribution in [-0.2, 0) is 12.0 Å². The molecule has 1 aromatic carbocycles. The van der Waals surface area contributed by atoms with E-state index in [2.05, 4.69) is 20.6 Å². The molecule has 5 rings (SSSR count). The molecule has 7 nitrogen and oxygen atoms in total. The Kier molecular flexibility index (Phi) is 5.57. The minimum atomic E-state index is -0.579. The van der Waals surface area contributed by atoms with E-state index < -0.39 is 11.3 Å². The summed E-state index contributed by atoms with van der Waals surface area (Å²) >= 11 is 0. The van der Waals surface area contributed by atoms with Gasteiger partial charge in [-0.05, 0) is 60.7 Å². The zero-order valence-electron chi connectivity index (χ0n) is 18.8. The monoisotopic (exact) mass is 456 g/mol. The molecule has 4 heterocycles. The Hall–Kier alpha value is -4.07. The van der Waals surface area contributed by atoms with Crippen LogP contribution in [0.2, 0.25) is 0 Å². The summed E-state index contributed by atoms with van der Waals surface area (Å²) in [5.74, 6) is -0.618. The van der Waals surface area contributed by atoms with Crippen LogP contribution in [0.4, 0.5) is 4.39 Å². The van der Waals surface area contributed by atoms with E-state index in [4.69, 9.17) is 10.7 Å². The van der Waals surface area contributed by atoms with Gasteiger partial charge in [0.1, 0.15) is 5.82 Å². The minimum Gasteiger partial charge on any atom is -0.363 e. The maximum atomic E-state index is 14.1. The van der Waals surface area contributed by atoms with Crippen molar-refractivity contribution in [3.8, 4) is 0 Å². The summed E-state index contributed by atoms with van der Waals surface area (Å²) < 4.78 is 17.8. The van der Waals surface area contributed by atoms with Crippen LogP contribution >= 0.6 is 0 Å². The lowest BCUT2D eigenvalue weighted by Gasteiger charge is -2.39. The van der Waals surface area contributed by atoms with Gasteiger partial charge in [0, 0.05) is 36.8 Å². The summed E-state index contributed by atoms with van der Waals surface area (Å²) in [5.41, 5.74) is 8.36. The number of halogens is 1. The lowest BCUT2D eigenvalue weighted by molar-refractivity contribution is 0.0990. The number of fused-ring (bicyclic) bond motifs is 1. The van der Waals surface area contributed by atoms with Gasteiger partial charge in [-0.15, -0.1) is 0 Å². The van der Waals surface area contributed by atoms with Gasteiger partial charge < -0.3 is 10.3 Å². The Morgan fingerprint density at radius 2 is 2.12 bits per heavy atom. The van der Waals surface area contributed by atoms with E-state index >= 15 is 0 Å². The molecule has 2 unspecified atom stereocenters. The van der Waals surface area contributed by atoms with Crippen molar-refractivity contribution < 1.29 is 9.18 Å². The first-order valence-electron chi connectivity index (χ1n) is 11.2. The fraction of sp³-hybridized carbons (Fsp3) is 0.231. The molecule has 2 N–H and O–H groups in total. The first-order valence-corrected chi connectivity index (χ1v) is 11.2. The second-order valence-electron chi connectivity index (χ2n) is 8.67. The average molecular weight is 457 g/mol. The number of aromatic nitrogens is 4. The van der Waals surface area contributed by atoms with E-state index in [9.17, 15) is 9.18 Å². The zero-order valence-corrected chi connectivity index (χ0v) is 18.8. The molecular weight excluding hydrogens is 431 g/mol. The van der Waals surface area contributed by atoms with Crippen LogP contribution in [0.15, 0.2) is 78.6 Å². The van der Waals surface area contributed by atoms with Crippen LogP contribution in [-0.4, -0.2) is 31.1 Å². The van der Waals surface area contributed by atoms with Gasteiger partial charge in [0.2, 0.25) is 5.82 Å². The molecule has 1 amide bonds. The highest BCUT2D eigenvalue weighted by molar-refractivity contribution is 5.90. The number of carbonyl (C=O) groups is 1. The summed E-state index contributed by atoms with van der Waals surface area (Å²) in [6.07, 6.45) is 16.7. The number of allylic oxidation sites excluding steroid dienone is 1. The van der Waals surface area contributed by atoms with E-state index in [0.29, 0.717) is 5.56 Å². The van der Waals surface area contributed by atoms with E-state index in [1.807, 2.05) is 49.1 Å². The molecular formula is C26H25FN6O. The highest BCUT2D eigenvalue weighted by Gasteiger charge is 2.40. The van der Waals surface area contributed by atoms with Gasteiger partial charge >= 0.3 is 0 Å². The van der Waals surface area contributed by atoms with Gasteiger partial charge in [0.05, 0.1) is 24.1 Å². The van der Waals surface area contributed by atoms with Crippen molar-refractivity contribution in [2.24, 2.45) is 10.7 Å². The number of primary amides is 1. The highest BCUT2D eigenvalue weighted by atomic mass is 19.1. The maximum Gasteiger partial charge on any atom is 0.285 e. The van der Waals surface area contributed by atoms with Crippen LogP contribution in [0.3, 0.4) is 0 Å². The number of nitrogens with zero attached hydrogens (tertiary/aromatic N) is 5. The maximum absolute atomic E-state index is 14.1. The normalized spacial score (nSPS) is 19.6. The summed E-state index contributed by atoms with van der Waals surface area (Å²) in [4.78, 5) is 24.9.